The summed E-state index contributed by atoms with van der Waals surface area (Å²) in [6, 6.07) is 13.3. The molecule has 0 aromatic heterocycles. The highest BCUT2D eigenvalue weighted by atomic mass is 32.2. The largest absolute Gasteiger partial charge is 0.345 e. The van der Waals surface area contributed by atoms with Crippen molar-refractivity contribution in [2.24, 2.45) is 0 Å². The van der Waals surface area contributed by atoms with Gasteiger partial charge < -0.3 is 4.90 Å². The van der Waals surface area contributed by atoms with Crippen LogP contribution in [0.3, 0.4) is 0 Å². The van der Waals surface area contributed by atoms with Crippen LogP contribution in [0.5, 0.6) is 0 Å². The van der Waals surface area contributed by atoms with E-state index in [0.717, 1.165) is 5.56 Å². The molecule has 1 amide bonds. The van der Waals surface area contributed by atoms with Crippen molar-refractivity contribution in [3.8, 4) is 0 Å². The van der Waals surface area contributed by atoms with Crippen molar-refractivity contribution in [3.05, 3.63) is 59.7 Å². The van der Waals surface area contributed by atoms with Gasteiger partial charge >= 0.3 is 0 Å². The minimum Gasteiger partial charge on any atom is -0.345 e. The lowest BCUT2D eigenvalue weighted by Crippen LogP contribution is -2.22. The lowest BCUT2D eigenvalue weighted by molar-refractivity contribution is 0.0827. The van der Waals surface area contributed by atoms with Gasteiger partial charge in [0.15, 0.2) is 0 Å². The Morgan fingerprint density at radius 1 is 0.960 bits per heavy atom. The van der Waals surface area contributed by atoms with E-state index in [1.807, 2.05) is 32.9 Å². The fourth-order valence-electron chi connectivity index (χ4n) is 2.46. The van der Waals surface area contributed by atoms with Gasteiger partial charge in [0.2, 0.25) is 0 Å². The highest BCUT2D eigenvalue weighted by Gasteiger charge is 2.22. The summed E-state index contributed by atoms with van der Waals surface area (Å²) in [7, 11) is -0.432. The fraction of sp³-hybridized carbons (Fsp3) is 0.316. The molecule has 0 fully saturated rings. The average Bonchev–Trinajstić information content (AvgIpc) is 2.53. The molecule has 0 aliphatic carbocycles. The van der Waals surface area contributed by atoms with Gasteiger partial charge in [0, 0.05) is 19.7 Å². The lowest BCUT2D eigenvalue weighted by atomic mass is 9.86. The van der Waals surface area contributed by atoms with Crippen molar-refractivity contribution < 1.29 is 13.2 Å². The zero-order chi connectivity index (χ0) is 18.8. The Bertz CT molecular complexity index is 864. The standard InChI is InChI=1S/C19H24N2O3S/c1-19(2,3)16-8-6-7-9-17(16)20-25(23,24)15-12-10-14(11-13-15)18(22)21(4)5/h6-13,20H,1-5H3. The highest BCUT2D eigenvalue weighted by molar-refractivity contribution is 7.92. The van der Waals surface area contributed by atoms with Gasteiger partial charge in [-0.05, 0) is 41.3 Å². The number of nitrogens with zero attached hydrogens (tertiary/aromatic N) is 1. The smallest absolute Gasteiger partial charge is 0.261 e. The molecule has 6 heteroatoms. The van der Waals surface area contributed by atoms with Gasteiger partial charge in [-0.25, -0.2) is 8.42 Å². The lowest BCUT2D eigenvalue weighted by Gasteiger charge is -2.23. The summed E-state index contributed by atoms with van der Waals surface area (Å²) in [6.45, 7) is 6.09. The monoisotopic (exact) mass is 360 g/mol. The van der Waals surface area contributed by atoms with E-state index in [1.165, 1.54) is 29.2 Å². The topological polar surface area (TPSA) is 66.5 Å². The molecule has 0 bridgehead atoms. The van der Waals surface area contributed by atoms with Crippen molar-refractivity contribution in [2.45, 2.75) is 31.1 Å². The number of nitrogens with one attached hydrogen (secondary N) is 1. The first-order valence-electron chi connectivity index (χ1n) is 7.96. The van der Waals surface area contributed by atoms with Crippen LogP contribution in [0.1, 0.15) is 36.7 Å². The fourth-order valence-corrected chi connectivity index (χ4v) is 3.54. The van der Waals surface area contributed by atoms with Gasteiger partial charge in [0.25, 0.3) is 15.9 Å². The number of anilines is 1. The molecule has 0 radical (unpaired) electrons. The molecule has 2 rings (SSSR count). The molecule has 1 N–H and O–H groups in total. The molecule has 0 aliphatic heterocycles. The molecule has 2 aromatic rings. The second-order valence-electron chi connectivity index (χ2n) is 7.13. The first kappa shape index (κ1) is 19.0. The second kappa shape index (κ2) is 6.88. The molecule has 0 unspecified atom stereocenters. The normalized spacial score (nSPS) is 11.9. The first-order chi connectivity index (χ1) is 11.5. The number of amides is 1. The van der Waals surface area contributed by atoms with E-state index in [9.17, 15) is 13.2 Å². The van der Waals surface area contributed by atoms with Crippen molar-refractivity contribution >= 4 is 21.6 Å². The molecule has 25 heavy (non-hydrogen) atoms. The number of hydrogen-bond acceptors (Lipinski definition) is 3. The van der Waals surface area contributed by atoms with Gasteiger partial charge in [-0.3, -0.25) is 9.52 Å². The summed E-state index contributed by atoms with van der Waals surface area (Å²) in [4.78, 5) is 13.5. The van der Waals surface area contributed by atoms with Gasteiger partial charge in [0.1, 0.15) is 0 Å². The number of rotatable bonds is 4. The Balaban J connectivity index is 2.34. The van der Waals surface area contributed by atoms with E-state index in [4.69, 9.17) is 0 Å². The van der Waals surface area contributed by atoms with Crippen LogP contribution in [0.25, 0.3) is 0 Å². The molecule has 0 atom stereocenters. The number of sulfonamides is 1. The minimum absolute atomic E-state index is 0.117. The Morgan fingerprint density at radius 2 is 1.52 bits per heavy atom. The van der Waals surface area contributed by atoms with Crippen LogP contribution in [0, 0.1) is 0 Å². The highest BCUT2D eigenvalue weighted by Crippen LogP contribution is 2.30. The SMILES string of the molecule is CN(C)C(=O)c1ccc(S(=O)(=O)Nc2ccccc2C(C)(C)C)cc1. The Kier molecular flexibility index (Phi) is 5.23. The molecular weight excluding hydrogens is 336 g/mol. The Hall–Kier alpha value is -2.34. The van der Waals surface area contributed by atoms with E-state index in [1.54, 1.807) is 26.2 Å². The first-order valence-corrected chi connectivity index (χ1v) is 9.45. The predicted molar refractivity (Wildman–Crippen MR) is 100 cm³/mol. The Morgan fingerprint density at radius 3 is 2.04 bits per heavy atom. The summed E-state index contributed by atoms with van der Waals surface area (Å²) < 4.78 is 28.0. The molecule has 2 aromatic carbocycles. The molecular formula is C19H24N2O3S. The predicted octanol–water partition coefficient (Wildman–Crippen LogP) is 3.49. The van der Waals surface area contributed by atoms with Crippen LogP contribution in [0.2, 0.25) is 0 Å². The van der Waals surface area contributed by atoms with Crippen LogP contribution >= 0.6 is 0 Å². The summed E-state index contributed by atoms with van der Waals surface area (Å²) in [5, 5.41) is 0. The van der Waals surface area contributed by atoms with E-state index < -0.39 is 10.0 Å². The quantitative estimate of drug-likeness (QED) is 0.908. The molecule has 0 saturated heterocycles. The van der Waals surface area contributed by atoms with E-state index in [-0.39, 0.29) is 16.2 Å². The maximum atomic E-state index is 12.7. The summed E-state index contributed by atoms with van der Waals surface area (Å²) >= 11 is 0. The van der Waals surface area contributed by atoms with Crippen molar-refractivity contribution in [1.29, 1.82) is 0 Å². The molecule has 0 heterocycles. The number of para-hydroxylation sites is 1. The van der Waals surface area contributed by atoms with Gasteiger partial charge in [-0.1, -0.05) is 39.0 Å². The van der Waals surface area contributed by atoms with Gasteiger partial charge in [0.05, 0.1) is 10.6 Å². The second-order valence-corrected chi connectivity index (χ2v) is 8.81. The van der Waals surface area contributed by atoms with Crippen molar-refractivity contribution in [2.75, 3.05) is 18.8 Å². The van der Waals surface area contributed by atoms with Crippen molar-refractivity contribution in [1.82, 2.24) is 4.90 Å². The molecule has 0 saturated carbocycles. The summed E-state index contributed by atoms with van der Waals surface area (Å²) in [5.41, 5.74) is 1.72. The molecule has 134 valence electrons. The summed E-state index contributed by atoms with van der Waals surface area (Å²) in [5.74, 6) is -0.171. The molecule has 0 spiro atoms. The van der Waals surface area contributed by atoms with Crippen LogP contribution in [0.15, 0.2) is 53.4 Å². The van der Waals surface area contributed by atoms with Crippen LogP contribution in [-0.4, -0.2) is 33.3 Å². The number of hydrogen-bond donors (Lipinski definition) is 1. The average molecular weight is 360 g/mol. The van der Waals surface area contributed by atoms with E-state index >= 15 is 0 Å². The van der Waals surface area contributed by atoms with E-state index in [2.05, 4.69) is 4.72 Å². The van der Waals surface area contributed by atoms with Gasteiger partial charge in [-0.15, -0.1) is 0 Å². The van der Waals surface area contributed by atoms with Crippen molar-refractivity contribution in [3.63, 3.8) is 0 Å². The number of benzene rings is 2. The maximum Gasteiger partial charge on any atom is 0.261 e. The third kappa shape index (κ3) is 4.39. The van der Waals surface area contributed by atoms with Crippen LogP contribution < -0.4 is 4.72 Å². The number of carbonyl (C=O) groups is 1. The van der Waals surface area contributed by atoms with E-state index in [0.29, 0.717) is 11.3 Å². The maximum absolute atomic E-state index is 12.7. The van der Waals surface area contributed by atoms with Gasteiger partial charge in [-0.2, -0.15) is 0 Å². The molecule has 5 nitrogen and oxygen atoms in total. The Labute approximate surface area is 149 Å². The zero-order valence-electron chi connectivity index (χ0n) is 15.2. The minimum atomic E-state index is -3.73. The van der Waals surface area contributed by atoms with Crippen LogP contribution in [0.4, 0.5) is 5.69 Å². The third-order valence-corrected chi connectivity index (χ3v) is 5.18. The number of carbonyl (C=O) groups excluding carboxylic acids is 1. The van der Waals surface area contributed by atoms with Crippen LogP contribution in [-0.2, 0) is 15.4 Å². The summed E-state index contributed by atoms with van der Waals surface area (Å²) in [6.07, 6.45) is 0. The third-order valence-electron chi connectivity index (χ3n) is 3.80. The zero-order valence-corrected chi connectivity index (χ0v) is 16.0. The molecule has 0 aliphatic rings.